The van der Waals surface area contributed by atoms with Gasteiger partial charge in [-0.1, -0.05) is 13.8 Å². The third kappa shape index (κ3) is 3.45. The molecule has 1 N–H and O–H groups in total. The first-order valence-electron chi connectivity index (χ1n) is 6.66. The van der Waals surface area contributed by atoms with Gasteiger partial charge in [0.1, 0.15) is 5.82 Å². The van der Waals surface area contributed by atoms with Crippen LogP contribution >= 0.6 is 0 Å². The predicted molar refractivity (Wildman–Crippen MR) is 73.8 cm³/mol. The van der Waals surface area contributed by atoms with E-state index in [4.69, 9.17) is 0 Å². The number of amides is 1. The van der Waals surface area contributed by atoms with Gasteiger partial charge in [-0.25, -0.2) is 4.98 Å². The molecular formula is C14H21N3O. The summed E-state index contributed by atoms with van der Waals surface area (Å²) in [6.45, 7) is 6.25. The molecule has 0 atom stereocenters. The van der Waals surface area contributed by atoms with E-state index in [1.54, 1.807) is 6.20 Å². The summed E-state index contributed by atoms with van der Waals surface area (Å²) in [5.74, 6) is 1.44. The van der Waals surface area contributed by atoms with Gasteiger partial charge in [-0.15, -0.1) is 0 Å². The van der Waals surface area contributed by atoms with Gasteiger partial charge in [0.05, 0.1) is 11.9 Å². The van der Waals surface area contributed by atoms with Crippen LogP contribution in [-0.4, -0.2) is 24.0 Å². The summed E-state index contributed by atoms with van der Waals surface area (Å²) in [7, 11) is 0. The smallest absolute Gasteiger partial charge is 0.224 e. The van der Waals surface area contributed by atoms with Crippen molar-refractivity contribution in [2.45, 2.75) is 33.1 Å². The van der Waals surface area contributed by atoms with Gasteiger partial charge in [0, 0.05) is 19.5 Å². The molecule has 2 heterocycles. The molecule has 0 saturated carbocycles. The Morgan fingerprint density at radius 1 is 1.39 bits per heavy atom. The number of carbonyl (C=O) groups excluding carboxylic acids is 1. The minimum atomic E-state index is 0.0562. The van der Waals surface area contributed by atoms with Gasteiger partial charge in [-0.3, -0.25) is 4.79 Å². The minimum absolute atomic E-state index is 0.0562. The van der Waals surface area contributed by atoms with E-state index in [0.29, 0.717) is 12.3 Å². The maximum Gasteiger partial charge on any atom is 0.224 e. The van der Waals surface area contributed by atoms with E-state index in [1.807, 2.05) is 26.0 Å². The van der Waals surface area contributed by atoms with E-state index in [2.05, 4.69) is 15.2 Å². The quantitative estimate of drug-likeness (QED) is 0.889. The molecule has 0 aromatic carbocycles. The lowest BCUT2D eigenvalue weighted by Gasteiger charge is -2.16. The maximum atomic E-state index is 11.6. The average molecular weight is 247 g/mol. The molecule has 0 aliphatic carbocycles. The van der Waals surface area contributed by atoms with Crippen molar-refractivity contribution in [3.05, 3.63) is 18.3 Å². The fourth-order valence-corrected chi connectivity index (χ4v) is 2.18. The average Bonchev–Trinajstić information content (AvgIpc) is 2.82. The Hall–Kier alpha value is -1.58. The van der Waals surface area contributed by atoms with Crippen LogP contribution in [0.4, 0.5) is 11.5 Å². The normalized spacial score (nSPS) is 15.2. The van der Waals surface area contributed by atoms with Crippen molar-refractivity contribution in [3.63, 3.8) is 0 Å². The molecule has 0 spiro atoms. The Labute approximate surface area is 108 Å². The number of nitrogens with zero attached hydrogens (tertiary/aromatic N) is 2. The van der Waals surface area contributed by atoms with Crippen molar-refractivity contribution in [1.82, 2.24) is 4.98 Å². The summed E-state index contributed by atoms with van der Waals surface area (Å²) < 4.78 is 0. The first-order valence-corrected chi connectivity index (χ1v) is 6.66. The number of aromatic nitrogens is 1. The second-order valence-corrected chi connectivity index (χ2v) is 5.25. The number of hydrogen-bond donors (Lipinski definition) is 1. The highest BCUT2D eigenvalue weighted by molar-refractivity contribution is 5.90. The van der Waals surface area contributed by atoms with Gasteiger partial charge in [-0.2, -0.15) is 0 Å². The van der Waals surface area contributed by atoms with E-state index in [1.165, 1.54) is 12.8 Å². The van der Waals surface area contributed by atoms with Crippen LogP contribution in [0, 0.1) is 5.92 Å². The van der Waals surface area contributed by atoms with Gasteiger partial charge >= 0.3 is 0 Å². The SMILES string of the molecule is CC(C)CC(=O)Nc1ccc(N2CCCC2)nc1. The Kier molecular flexibility index (Phi) is 4.18. The van der Waals surface area contributed by atoms with Crippen LogP contribution in [0.1, 0.15) is 33.1 Å². The Balaban J connectivity index is 1.93. The zero-order chi connectivity index (χ0) is 13.0. The molecule has 0 unspecified atom stereocenters. The molecule has 1 aromatic rings. The highest BCUT2D eigenvalue weighted by Crippen LogP contribution is 2.19. The van der Waals surface area contributed by atoms with Crippen molar-refractivity contribution in [3.8, 4) is 0 Å². The molecule has 2 rings (SSSR count). The van der Waals surface area contributed by atoms with Gasteiger partial charge < -0.3 is 10.2 Å². The highest BCUT2D eigenvalue weighted by atomic mass is 16.1. The molecule has 4 nitrogen and oxygen atoms in total. The van der Waals surface area contributed by atoms with Crippen molar-refractivity contribution in [2.24, 2.45) is 5.92 Å². The van der Waals surface area contributed by atoms with Gasteiger partial charge in [0.2, 0.25) is 5.91 Å². The third-order valence-corrected chi connectivity index (χ3v) is 3.06. The van der Waals surface area contributed by atoms with E-state index in [0.717, 1.165) is 24.6 Å². The summed E-state index contributed by atoms with van der Waals surface area (Å²) in [6, 6.07) is 3.91. The van der Waals surface area contributed by atoms with Crippen molar-refractivity contribution < 1.29 is 4.79 Å². The standard InChI is InChI=1S/C14H21N3O/c1-11(2)9-14(18)16-12-5-6-13(15-10-12)17-7-3-4-8-17/h5-6,10-11H,3-4,7-9H2,1-2H3,(H,16,18). The van der Waals surface area contributed by atoms with Crippen molar-refractivity contribution >= 4 is 17.4 Å². The molecular weight excluding hydrogens is 226 g/mol. The van der Waals surface area contributed by atoms with E-state index < -0.39 is 0 Å². The lowest BCUT2D eigenvalue weighted by Crippen LogP contribution is -2.19. The van der Waals surface area contributed by atoms with Crippen LogP contribution in [0.2, 0.25) is 0 Å². The van der Waals surface area contributed by atoms with Crippen LogP contribution in [-0.2, 0) is 4.79 Å². The molecule has 1 aliphatic heterocycles. The lowest BCUT2D eigenvalue weighted by atomic mass is 10.1. The van der Waals surface area contributed by atoms with Crippen LogP contribution in [0.15, 0.2) is 18.3 Å². The highest BCUT2D eigenvalue weighted by Gasteiger charge is 2.13. The Morgan fingerprint density at radius 3 is 2.67 bits per heavy atom. The van der Waals surface area contributed by atoms with E-state index >= 15 is 0 Å². The fraction of sp³-hybridized carbons (Fsp3) is 0.571. The second kappa shape index (κ2) is 5.85. The summed E-state index contributed by atoms with van der Waals surface area (Å²) in [5.41, 5.74) is 0.781. The third-order valence-electron chi connectivity index (χ3n) is 3.06. The number of hydrogen-bond acceptors (Lipinski definition) is 3. The number of anilines is 2. The first-order chi connectivity index (χ1) is 8.65. The number of pyridine rings is 1. The molecule has 18 heavy (non-hydrogen) atoms. The minimum Gasteiger partial charge on any atom is -0.357 e. The molecule has 1 fully saturated rings. The van der Waals surface area contributed by atoms with Crippen LogP contribution in [0.25, 0.3) is 0 Å². The van der Waals surface area contributed by atoms with Gasteiger partial charge in [0.15, 0.2) is 0 Å². The Morgan fingerprint density at radius 2 is 2.11 bits per heavy atom. The predicted octanol–water partition coefficient (Wildman–Crippen LogP) is 2.67. The second-order valence-electron chi connectivity index (χ2n) is 5.25. The maximum absolute atomic E-state index is 11.6. The first kappa shape index (κ1) is 12.9. The van der Waals surface area contributed by atoms with Crippen LogP contribution < -0.4 is 10.2 Å². The van der Waals surface area contributed by atoms with Crippen LogP contribution in [0.3, 0.4) is 0 Å². The molecule has 1 aliphatic rings. The largest absolute Gasteiger partial charge is 0.357 e. The van der Waals surface area contributed by atoms with E-state index in [9.17, 15) is 4.79 Å². The molecule has 0 bridgehead atoms. The molecule has 1 amide bonds. The van der Waals surface area contributed by atoms with Crippen molar-refractivity contribution in [1.29, 1.82) is 0 Å². The summed E-state index contributed by atoms with van der Waals surface area (Å²) in [4.78, 5) is 18.3. The Bertz CT molecular complexity index is 394. The summed E-state index contributed by atoms with van der Waals surface area (Å²) >= 11 is 0. The van der Waals surface area contributed by atoms with Crippen LogP contribution in [0.5, 0.6) is 0 Å². The van der Waals surface area contributed by atoms with Gasteiger partial charge in [-0.05, 0) is 30.9 Å². The molecule has 1 aromatic heterocycles. The summed E-state index contributed by atoms with van der Waals surface area (Å²) in [5, 5.41) is 2.87. The molecule has 98 valence electrons. The number of carbonyl (C=O) groups is 1. The van der Waals surface area contributed by atoms with Crippen molar-refractivity contribution in [2.75, 3.05) is 23.3 Å². The van der Waals surface area contributed by atoms with Gasteiger partial charge in [0.25, 0.3) is 0 Å². The zero-order valence-electron chi connectivity index (χ0n) is 11.1. The number of nitrogens with one attached hydrogen (secondary N) is 1. The van der Waals surface area contributed by atoms with E-state index in [-0.39, 0.29) is 5.91 Å². The fourth-order valence-electron chi connectivity index (χ4n) is 2.18. The molecule has 0 radical (unpaired) electrons. The molecule has 1 saturated heterocycles. The lowest BCUT2D eigenvalue weighted by molar-refractivity contribution is -0.116. The summed E-state index contributed by atoms with van der Waals surface area (Å²) in [6.07, 6.45) is 4.78. The zero-order valence-corrected chi connectivity index (χ0v) is 11.1. The monoisotopic (exact) mass is 247 g/mol. The number of rotatable bonds is 4. The topological polar surface area (TPSA) is 45.2 Å². The molecule has 4 heteroatoms.